The molecule has 4 fully saturated rings. The topological polar surface area (TPSA) is 56.2 Å². The summed E-state index contributed by atoms with van der Waals surface area (Å²) in [6.07, 6.45) is 10.8. The van der Waals surface area contributed by atoms with Crippen LogP contribution in [0.2, 0.25) is 0 Å². The van der Waals surface area contributed by atoms with Gasteiger partial charge in [0.1, 0.15) is 0 Å². The van der Waals surface area contributed by atoms with Crippen LogP contribution >= 0.6 is 0 Å². The summed E-state index contributed by atoms with van der Waals surface area (Å²) in [5, 5.41) is 7.16. The minimum atomic E-state index is 0.0718. The number of aromatic nitrogens is 2. The van der Waals surface area contributed by atoms with Crippen molar-refractivity contribution in [1.29, 1.82) is 0 Å². The van der Waals surface area contributed by atoms with Gasteiger partial charge in [-0.1, -0.05) is 13.8 Å². The first-order valence-corrected chi connectivity index (χ1v) is 10.2. The smallest absolute Gasteiger partial charge is 0.220 e. The van der Waals surface area contributed by atoms with E-state index < -0.39 is 0 Å². The third kappa shape index (κ3) is 3.55. The molecule has 1 heterocycles. The number of aryl methyl sites for hydroxylation is 2. The molecule has 4 bridgehead atoms. The maximum Gasteiger partial charge on any atom is 0.220 e. The second-order valence-corrected chi connectivity index (χ2v) is 9.96. The molecule has 144 valence electrons. The molecule has 1 aromatic heterocycles. The van der Waals surface area contributed by atoms with Crippen molar-refractivity contribution in [3.8, 4) is 0 Å². The van der Waals surface area contributed by atoms with Crippen molar-refractivity contribution < 1.29 is 9.53 Å². The maximum absolute atomic E-state index is 12.1. The molecule has 1 aromatic rings. The zero-order chi connectivity index (χ0) is 18.4. The molecule has 4 atom stereocenters. The van der Waals surface area contributed by atoms with E-state index >= 15 is 0 Å². The fourth-order valence-corrected chi connectivity index (χ4v) is 6.94. The number of carbonyl (C=O) groups excluding carboxylic acids is 1. The highest BCUT2D eigenvalue weighted by atomic mass is 16.5. The zero-order valence-electron chi connectivity index (χ0n) is 16.5. The molecule has 5 rings (SSSR count). The number of nitrogens with one attached hydrogen (secondary N) is 1. The highest BCUT2D eigenvalue weighted by Crippen LogP contribution is 2.67. The van der Waals surface area contributed by atoms with Gasteiger partial charge < -0.3 is 10.1 Å². The van der Waals surface area contributed by atoms with Crippen molar-refractivity contribution in [3.63, 3.8) is 0 Å². The summed E-state index contributed by atoms with van der Waals surface area (Å²) < 4.78 is 8.29. The highest BCUT2D eigenvalue weighted by Gasteiger charge is 2.60. The van der Waals surface area contributed by atoms with Crippen molar-refractivity contribution in [2.75, 3.05) is 13.2 Å². The van der Waals surface area contributed by atoms with Gasteiger partial charge in [-0.25, -0.2) is 0 Å². The monoisotopic (exact) mass is 359 g/mol. The average molecular weight is 360 g/mol. The average Bonchev–Trinajstić information content (AvgIpc) is 2.91. The first kappa shape index (κ1) is 18.0. The molecule has 0 spiro atoms. The van der Waals surface area contributed by atoms with Crippen LogP contribution in [0.1, 0.15) is 64.5 Å². The van der Waals surface area contributed by atoms with Gasteiger partial charge in [-0.05, 0) is 67.8 Å². The van der Waals surface area contributed by atoms with Crippen LogP contribution in [0.4, 0.5) is 0 Å². The van der Waals surface area contributed by atoms with Gasteiger partial charge in [0.2, 0.25) is 5.91 Å². The minimum absolute atomic E-state index is 0.0718. The number of carbonyl (C=O) groups is 1. The molecular formula is C21H33N3O2. The van der Waals surface area contributed by atoms with Crippen LogP contribution in [0.5, 0.6) is 0 Å². The molecule has 4 aliphatic rings. The summed E-state index contributed by atoms with van der Waals surface area (Å²) in [5.41, 5.74) is 2.11. The molecule has 0 aliphatic heterocycles. The highest BCUT2D eigenvalue weighted by molar-refractivity contribution is 5.76. The number of ether oxygens (including phenoxy) is 1. The predicted octanol–water partition coefficient (Wildman–Crippen LogP) is 3.23. The Labute approximate surface area is 156 Å². The van der Waals surface area contributed by atoms with Crippen LogP contribution in [0.25, 0.3) is 0 Å². The minimum Gasteiger partial charge on any atom is -0.373 e. The molecular weight excluding hydrogens is 326 g/mol. The number of rotatable bonds is 7. The van der Waals surface area contributed by atoms with Crippen LogP contribution in [-0.4, -0.2) is 34.4 Å². The van der Waals surface area contributed by atoms with E-state index in [0.717, 1.165) is 18.0 Å². The fourth-order valence-electron chi connectivity index (χ4n) is 6.94. The molecule has 1 N–H and O–H groups in total. The molecule has 5 nitrogen and oxygen atoms in total. The van der Waals surface area contributed by atoms with Gasteiger partial charge in [-0.2, -0.15) is 5.10 Å². The second-order valence-electron chi connectivity index (χ2n) is 9.96. The molecule has 4 saturated carbocycles. The second kappa shape index (κ2) is 6.36. The van der Waals surface area contributed by atoms with E-state index in [1.54, 1.807) is 6.20 Å². The predicted molar refractivity (Wildman–Crippen MR) is 101 cm³/mol. The molecule has 1 amide bonds. The Hall–Kier alpha value is -1.36. The Kier molecular flexibility index (Phi) is 4.41. The van der Waals surface area contributed by atoms with Crippen molar-refractivity contribution >= 4 is 5.91 Å². The van der Waals surface area contributed by atoms with Crippen LogP contribution in [0.15, 0.2) is 12.3 Å². The van der Waals surface area contributed by atoms with E-state index in [1.807, 2.05) is 17.8 Å². The van der Waals surface area contributed by atoms with Crippen molar-refractivity contribution in [1.82, 2.24) is 15.1 Å². The molecule has 5 heteroatoms. The molecule has 0 aromatic carbocycles. The third-order valence-corrected chi connectivity index (χ3v) is 6.94. The van der Waals surface area contributed by atoms with E-state index in [1.165, 1.54) is 38.5 Å². The van der Waals surface area contributed by atoms with E-state index in [4.69, 9.17) is 4.74 Å². The standard InChI is InChI=1S/C21H33N3O2/c1-19-10-16-11-20(2,13-19)15-21(12-16,14-19)26-9-8-22-18(25)5-4-17-6-7-23-24(17)3/h6-7,16H,4-5,8-15H2,1-3H3,(H,22,25)/t16?,19-,20+,21?. The fraction of sp³-hybridized carbons (Fsp3) is 0.810. The van der Waals surface area contributed by atoms with Crippen LogP contribution in [0, 0.1) is 16.7 Å². The number of nitrogens with zero attached hydrogens (tertiary/aromatic N) is 2. The maximum atomic E-state index is 12.1. The third-order valence-electron chi connectivity index (χ3n) is 6.94. The first-order chi connectivity index (χ1) is 12.3. The SMILES string of the molecule is Cn1nccc1CCC(=O)NCCOC12CC3C[C@@](C)(C1)C[C@](C)(C3)C2. The lowest BCUT2D eigenvalue weighted by atomic mass is 9.43. The van der Waals surface area contributed by atoms with Gasteiger partial charge in [-0.3, -0.25) is 9.48 Å². The van der Waals surface area contributed by atoms with Crippen molar-refractivity contribution in [3.05, 3.63) is 18.0 Å². The summed E-state index contributed by atoms with van der Waals surface area (Å²) in [7, 11) is 1.91. The Bertz CT molecular complexity index is 665. The van der Waals surface area contributed by atoms with Gasteiger partial charge in [0.15, 0.2) is 0 Å². The number of hydrogen-bond acceptors (Lipinski definition) is 3. The number of amides is 1. The van der Waals surface area contributed by atoms with Gasteiger partial charge in [0.25, 0.3) is 0 Å². The lowest BCUT2D eigenvalue weighted by molar-refractivity contribution is -0.213. The van der Waals surface area contributed by atoms with Gasteiger partial charge in [0.05, 0.1) is 12.2 Å². The van der Waals surface area contributed by atoms with Gasteiger partial charge in [0, 0.05) is 31.9 Å². The lowest BCUT2D eigenvalue weighted by Crippen LogP contribution is -2.59. The molecule has 0 radical (unpaired) electrons. The van der Waals surface area contributed by atoms with Gasteiger partial charge in [-0.15, -0.1) is 0 Å². The lowest BCUT2D eigenvalue weighted by Gasteiger charge is -2.65. The molecule has 0 saturated heterocycles. The van der Waals surface area contributed by atoms with Crippen LogP contribution in [-0.2, 0) is 23.0 Å². The quantitative estimate of drug-likeness (QED) is 0.761. The van der Waals surface area contributed by atoms with Gasteiger partial charge >= 0.3 is 0 Å². The Balaban J connectivity index is 1.22. The summed E-state index contributed by atoms with van der Waals surface area (Å²) in [6, 6.07) is 1.96. The summed E-state index contributed by atoms with van der Waals surface area (Å²) >= 11 is 0. The Morgan fingerprint density at radius 2 is 2.00 bits per heavy atom. The molecule has 2 unspecified atom stereocenters. The largest absolute Gasteiger partial charge is 0.373 e. The first-order valence-electron chi connectivity index (χ1n) is 10.2. The van der Waals surface area contributed by atoms with Crippen molar-refractivity contribution in [2.45, 2.75) is 70.8 Å². The summed E-state index contributed by atoms with van der Waals surface area (Å²) in [6.45, 7) is 6.18. The van der Waals surface area contributed by atoms with Crippen LogP contribution in [0.3, 0.4) is 0 Å². The molecule has 4 aliphatic carbocycles. The normalized spacial score (nSPS) is 37.9. The van der Waals surface area contributed by atoms with E-state index in [0.29, 0.717) is 30.4 Å². The van der Waals surface area contributed by atoms with E-state index in [2.05, 4.69) is 24.3 Å². The number of hydrogen-bond donors (Lipinski definition) is 1. The van der Waals surface area contributed by atoms with Crippen LogP contribution < -0.4 is 5.32 Å². The zero-order valence-corrected chi connectivity index (χ0v) is 16.5. The van der Waals surface area contributed by atoms with Crippen molar-refractivity contribution in [2.24, 2.45) is 23.8 Å². The van der Waals surface area contributed by atoms with E-state index in [9.17, 15) is 4.79 Å². The summed E-state index contributed by atoms with van der Waals surface area (Å²) in [4.78, 5) is 12.1. The van der Waals surface area contributed by atoms with E-state index in [-0.39, 0.29) is 11.5 Å². The summed E-state index contributed by atoms with van der Waals surface area (Å²) in [5.74, 6) is 0.939. The Morgan fingerprint density at radius 1 is 1.27 bits per heavy atom. The Morgan fingerprint density at radius 3 is 2.62 bits per heavy atom. The molecule has 26 heavy (non-hydrogen) atoms.